The van der Waals surface area contributed by atoms with Gasteiger partial charge < -0.3 is 15.0 Å². The predicted octanol–water partition coefficient (Wildman–Crippen LogP) is 3.23. The molecule has 31 heavy (non-hydrogen) atoms. The van der Waals surface area contributed by atoms with Crippen LogP contribution in [0.3, 0.4) is 0 Å². The molecular formula is C24H41N3O4. The van der Waals surface area contributed by atoms with Gasteiger partial charge in [0.15, 0.2) is 11.6 Å². The number of allylic oxidation sites excluding steroid dienone is 1. The van der Waals surface area contributed by atoms with Crippen molar-refractivity contribution in [3.05, 3.63) is 12.2 Å². The summed E-state index contributed by atoms with van der Waals surface area (Å²) in [5.41, 5.74) is -1.56. The molecule has 2 aliphatic rings. The Morgan fingerprint density at radius 3 is 2.55 bits per heavy atom. The molecule has 7 heteroatoms. The lowest BCUT2D eigenvalue weighted by Crippen LogP contribution is -2.61. The number of nitrogens with zero attached hydrogens (tertiary/aromatic N) is 1. The molecule has 0 aromatic rings. The quantitative estimate of drug-likeness (QED) is 0.659. The summed E-state index contributed by atoms with van der Waals surface area (Å²) in [6, 6.07) is 0.0839. The van der Waals surface area contributed by atoms with Gasteiger partial charge in [0.25, 0.3) is 0 Å². The summed E-state index contributed by atoms with van der Waals surface area (Å²) in [6.07, 6.45) is 8.64. The van der Waals surface area contributed by atoms with Gasteiger partial charge in [-0.2, -0.15) is 0 Å². The van der Waals surface area contributed by atoms with E-state index in [0.717, 1.165) is 25.7 Å². The largest absolute Gasteiger partial charge is 0.445 e. The molecule has 2 N–H and O–H groups in total. The van der Waals surface area contributed by atoms with Crippen LogP contribution in [0.4, 0.5) is 4.79 Å². The molecule has 7 nitrogen and oxygen atoms in total. The van der Waals surface area contributed by atoms with E-state index in [9.17, 15) is 14.4 Å². The van der Waals surface area contributed by atoms with E-state index in [1.807, 2.05) is 46.8 Å². The number of carbonyl (C=O) groups excluding carboxylic acids is 3. The summed E-state index contributed by atoms with van der Waals surface area (Å²) < 4.78 is 5.37. The van der Waals surface area contributed by atoms with Crippen LogP contribution in [0, 0.1) is 5.92 Å². The first-order valence-electron chi connectivity index (χ1n) is 11.8. The molecule has 0 unspecified atom stereocenters. The van der Waals surface area contributed by atoms with Gasteiger partial charge in [0.1, 0.15) is 6.61 Å². The van der Waals surface area contributed by atoms with E-state index in [1.165, 1.54) is 0 Å². The zero-order valence-corrected chi connectivity index (χ0v) is 20.0. The molecule has 2 bridgehead atoms. The smallest absolute Gasteiger partial charge is 0.410 e. The third-order valence-electron chi connectivity index (χ3n) is 6.35. The van der Waals surface area contributed by atoms with E-state index in [0.29, 0.717) is 19.4 Å². The minimum Gasteiger partial charge on any atom is -0.445 e. The summed E-state index contributed by atoms with van der Waals surface area (Å²) in [5.74, 6) is 0.0215. The summed E-state index contributed by atoms with van der Waals surface area (Å²) >= 11 is 0. The molecule has 1 fully saturated rings. The van der Waals surface area contributed by atoms with Crippen LogP contribution in [0.2, 0.25) is 0 Å². The van der Waals surface area contributed by atoms with E-state index in [4.69, 9.17) is 4.74 Å². The number of carbonyl (C=O) groups is 3. The molecule has 0 aromatic heterocycles. The van der Waals surface area contributed by atoms with Gasteiger partial charge in [-0.15, -0.1) is 0 Å². The maximum Gasteiger partial charge on any atom is 0.410 e. The third kappa shape index (κ3) is 6.88. The van der Waals surface area contributed by atoms with Crippen LogP contribution < -0.4 is 10.6 Å². The van der Waals surface area contributed by atoms with Gasteiger partial charge in [-0.3, -0.25) is 14.9 Å². The van der Waals surface area contributed by atoms with Crippen LogP contribution in [0.25, 0.3) is 0 Å². The van der Waals surface area contributed by atoms with Crippen LogP contribution in [-0.2, 0) is 14.3 Å². The Bertz CT molecular complexity index is 676. The Morgan fingerprint density at radius 2 is 1.87 bits per heavy atom. The maximum atomic E-state index is 13.4. The lowest BCUT2D eigenvalue weighted by atomic mass is 9.83. The van der Waals surface area contributed by atoms with Gasteiger partial charge in [-0.05, 0) is 46.5 Å². The van der Waals surface area contributed by atoms with Crippen molar-refractivity contribution in [3.63, 3.8) is 0 Å². The molecule has 2 heterocycles. The van der Waals surface area contributed by atoms with Crippen molar-refractivity contribution in [3.8, 4) is 0 Å². The molecule has 0 aromatic carbocycles. The Labute approximate surface area is 187 Å². The molecule has 1 saturated heterocycles. The van der Waals surface area contributed by atoms with Crippen LogP contribution in [-0.4, -0.2) is 65.9 Å². The first-order chi connectivity index (χ1) is 14.6. The van der Waals surface area contributed by atoms with Crippen LogP contribution in [0.1, 0.15) is 73.1 Å². The van der Waals surface area contributed by atoms with E-state index in [1.54, 1.807) is 4.90 Å². The number of amides is 1. The summed E-state index contributed by atoms with van der Waals surface area (Å²) in [5, 5.41) is 6.74. The van der Waals surface area contributed by atoms with Crippen LogP contribution in [0.5, 0.6) is 0 Å². The average Bonchev–Trinajstić information content (AvgIpc) is 3.14. The number of Topliss-reactive ketones (excluding diaryl/α,β-unsaturated/α-hetero) is 2. The standard InChI is InChI=1S/C24H41N3O4/c1-18(2)21(29)23(5)12-10-8-6-7-9-11-15-31-22(30)27-14-13-24(17-27,26-19(3)4)20(28)16-25-23/h9,11,18-19,25-26H,6-8,10,12-17H2,1-5H3/t23-,24+/m0/s1. The number of hydrogen-bond acceptors (Lipinski definition) is 6. The first-order valence-corrected chi connectivity index (χ1v) is 11.8. The molecular weight excluding hydrogens is 394 g/mol. The fourth-order valence-corrected chi connectivity index (χ4v) is 4.64. The molecule has 176 valence electrons. The van der Waals surface area contributed by atoms with Crippen LogP contribution in [0.15, 0.2) is 12.2 Å². The van der Waals surface area contributed by atoms with Crippen LogP contribution >= 0.6 is 0 Å². The van der Waals surface area contributed by atoms with Crippen molar-refractivity contribution in [2.75, 3.05) is 26.2 Å². The highest BCUT2D eigenvalue weighted by Gasteiger charge is 2.47. The Balaban J connectivity index is 2.25. The molecule has 1 amide bonds. The first kappa shape index (κ1) is 25.5. The van der Waals surface area contributed by atoms with E-state index in [-0.39, 0.29) is 49.3 Å². The van der Waals surface area contributed by atoms with Crippen molar-refractivity contribution in [2.45, 2.75) is 90.3 Å². The molecule has 0 saturated carbocycles. The molecule has 0 radical (unpaired) electrons. The highest BCUT2D eigenvalue weighted by molar-refractivity contribution is 5.94. The zero-order chi connectivity index (χ0) is 23.1. The monoisotopic (exact) mass is 435 g/mol. The van der Waals surface area contributed by atoms with Crippen molar-refractivity contribution < 1.29 is 19.1 Å². The molecule has 0 spiro atoms. The Morgan fingerprint density at radius 1 is 1.13 bits per heavy atom. The number of cyclic esters (lactones) is 1. The van der Waals surface area contributed by atoms with E-state index < -0.39 is 11.1 Å². The third-order valence-corrected chi connectivity index (χ3v) is 6.35. The fourth-order valence-electron chi connectivity index (χ4n) is 4.64. The minimum absolute atomic E-state index is 0.0107. The van der Waals surface area contributed by atoms with Crippen molar-refractivity contribution in [1.29, 1.82) is 0 Å². The Hall–Kier alpha value is -1.73. The molecule has 2 aliphatic heterocycles. The lowest BCUT2D eigenvalue weighted by Gasteiger charge is -2.35. The van der Waals surface area contributed by atoms with Gasteiger partial charge >= 0.3 is 6.09 Å². The number of nitrogens with one attached hydrogen (secondary N) is 2. The summed E-state index contributed by atoms with van der Waals surface area (Å²) in [7, 11) is 0. The predicted molar refractivity (Wildman–Crippen MR) is 122 cm³/mol. The van der Waals surface area contributed by atoms with E-state index in [2.05, 4.69) is 10.6 Å². The second kappa shape index (κ2) is 11.2. The normalized spacial score (nSPS) is 29.3. The van der Waals surface area contributed by atoms with Crippen molar-refractivity contribution in [2.24, 2.45) is 5.92 Å². The molecule has 0 aliphatic carbocycles. The lowest BCUT2D eigenvalue weighted by molar-refractivity contribution is -0.129. The molecule has 2 atom stereocenters. The average molecular weight is 436 g/mol. The minimum atomic E-state index is -0.828. The second-order valence-corrected chi connectivity index (χ2v) is 9.83. The number of hydrogen-bond donors (Lipinski definition) is 2. The zero-order valence-electron chi connectivity index (χ0n) is 20.0. The van der Waals surface area contributed by atoms with Gasteiger partial charge in [-0.25, -0.2) is 4.79 Å². The highest BCUT2D eigenvalue weighted by atomic mass is 16.6. The Kier molecular flexibility index (Phi) is 9.25. The summed E-state index contributed by atoms with van der Waals surface area (Å²) in [4.78, 5) is 40.5. The maximum absolute atomic E-state index is 13.4. The fraction of sp³-hybridized carbons (Fsp3) is 0.792. The van der Waals surface area contributed by atoms with Gasteiger partial charge in [0.05, 0.1) is 17.6 Å². The highest BCUT2D eigenvalue weighted by Crippen LogP contribution is 2.26. The van der Waals surface area contributed by atoms with Crippen molar-refractivity contribution in [1.82, 2.24) is 15.5 Å². The topological polar surface area (TPSA) is 87.7 Å². The second-order valence-electron chi connectivity index (χ2n) is 9.83. The van der Waals surface area contributed by atoms with Gasteiger partial charge in [0.2, 0.25) is 0 Å². The summed E-state index contributed by atoms with van der Waals surface area (Å²) in [6.45, 7) is 10.8. The SMILES string of the molecule is CC(C)N[C@]12CCN(C1)C(=O)OCC=CCCCCC[C@@](C)(C(=O)C(C)C)NCC2=O. The number of fused-ring (bicyclic) bond motifs is 2. The number of ether oxygens (including phenoxy) is 1. The van der Waals surface area contributed by atoms with Gasteiger partial charge in [0, 0.05) is 25.0 Å². The number of ketones is 2. The van der Waals surface area contributed by atoms with Crippen molar-refractivity contribution >= 4 is 17.7 Å². The number of rotatable bonds is 4. The van der Waals surface area contributed by atoms with E-state index >= 15 is 0 Å². The molecule has 2 rings (SSSR count). The van der Waals surface area contributed by atoms with Gasteiger partial charge in [-0.1, -0.05) is 38.8 Å².